The van der Waals surface area contributed by atoms with Crippen molar-refractivity contribution in [1.82, 2.24) is 10.3 Å². The number of methoxy groups -OCH3 is 1. The summed E-state index contributed by atoms with van der Waals surface area (Å²) in [5.74, 6) is -2.13. The molecule has 1 fully saturated rings. The number of nitrogens with zero attached hydrogens (tertiary/aromatic N) is 1. The molecule has 1 aliphatic heterocycles. The van der Waals surface area contributed by atoms with Crippen molar-refractivity contribution in [3.63, 3.8) is 0 Å². The molecule has 43 heavy (non-hydrogen) atoms. The Hall–Kier alpha value is -4.44. The summed E-state index contributed by atoms with van der Waals surface area (Å²) in [5.41, 5.74) is 2.04. The fraction of sp³-hybridized carbons (Fsp3) is 0.394. The molecule has 3 aromatic rings. The zero-order valence-electron chi connectivity index (χ0n) is 24.9. The molecule has 1 N–H and O–H groups in total. The van der Waals surface area contributed by atoms with E-state index < -0.39 is 36.8 Å². The number of amides is 1. The van der Waals surface area contributed by atoms with Gasteiger partial charge >= 0.3 is 11.9 Å². The van der Waals surface area contributed by atoms with E-state index in [9.17, 15) is 14.4 Å². The van der Waals surface area contributed by atoms with E-state index in [1.807, 2.05) is 55.5 Å². The van der Waals surface area contributed by atoms with Gasteiger partial charge in [0.15, 0.2) is 23.2 Å². The average molecular weight is 591 g/mol. The first-order valence-electron chi connectivity index (χ1n) is 14.3. The van der Waals surface area contributed by atoms with Crippen LogP contribution in [0.15, 0.2) is 72.9 Å². The number of ether oxygens (including phenoxy) is 5. The fourth-order valence-electron chi connectivity index (χ4n) is 5.08. The lowest BCUT2D eigenvalue weighted by Crippen LogP contribution is -2.46. The molecular weight excluding hydrogens is 552 g/mol. The van der Waals surface area contributed by atoms with Crippen LogP contribution in [0.4, 0.5) is 0 Å². The van der Waals surface area contributed by atoms with E-state index in [0.717, 1.165) is 17.5 Å². The van der Waals surface area contributed by atoms with Crippen LogP contribution in [0.3, 0.4) is 0 Å². The normalized spacial score (nSPS) is 20.6. The van der Waals surface area contributed by atoms with Gasteiger partial charge in [-0.15, -0.1) is 0 Å². The third-order valence-electron chi connectivity index (χ3n) is 7.23. The van der Waals surface area contributed by atoms with E-state index in [4.69, 9.17) is 23.7 Å². The number of esters is 2. The highest BCUT2D eigenvalue weighted by atomic mass is 16.7. The zero-order chi connectivity index (χ0) is 30.8. The van der Waals surface area contributed by atoms with Crippen LogP contribution in [0.25, 0.3) is 0 Å². The molecule has 1 saturated heterocycles. The molecule has 4 atom stereocenters. The topological polar surface area (TPSA) is 122 Å². The highest BCUT2D eigenvalue weighted by molar-refractivity contribution is 5.98. The molecule has 2 aromatic carbocycles. The highest BCUT2D eigenvalue weighted by Gasteiger charge is 2.36. The summed E-state index contributed by atoms with van der Waals surface area (Å²) >= 11 is 0. The van der Waals surface area contributed by atoms with Gasteiger partial charge in [-0.05, 0) is 30.4 Å². The number of benzene rings is 2. The molecule has 4 rings (SSSR count). The van der Waals surface area contributed by atoms with E-state index in [2.05, 4.69) is 22.4 Å². The van der Waals surface area contributed by atoms with Crippen LogP contribution < -0.4 is 14.8 Å². The lowest BCUT2D eigenvalue weighted by atomic mass is 9.79. The van der Waals surface area contributed by atoms with Crippen LogP contribution in [0.5, 0.6) is 11.5 Å². The second-order valence-electron chi connectivity index (χ2n) is 10.7. The third kappa shape index (κ3) is 8.32. The van der Waals surface area contributed by atoms with Crippen LogP contribution >= 0.6 is 0 Å². The minimum atomic E-state index is -1.11. The maximum absolute atomic E-state index is 13.4. The van der Waals surface area contributed by atoms with Crippen LogP contribution in [-0.2, 0) is 30.2 Å². The monoisotopic (exact) mass is 590 g/mol. The largest absolute Gasteiger partial charge is 0.493 e. The number of hydrogen-bond acceptors (Lipinski definition) is 9. The van der Waals surface area contributed by atoms with E-state index in [1.165, 1.54) is 19.4 Å². The number of rotatable bonds is 10. The Morgan fingerprint density at radius 1 is 1.02 bits per heavy atom. The molecule has 228 valence electrons. The molecule has 0 bridgehead atoms. The number of carbonyl (C=O) groups is 3. The number of carbonyl (C=O) groups excluding carboxylic acids is 3. The van der Waals surface area contributed by atoms with Gasteiger partial charge in [0.25, 0.3) is 5.91 Å². The number of aromatic nitrogens is 1. The molecule has 1 amide bonds. The first-order chi connectivity index (χ1) is 20.8. The molecule has 10 nitrogen and oxygen atoms in total. The van der Waals surface area contributed by atoms with E-state index in [0.29, 0.717) is 6.61 Å². The highest BCUT2D eigenvalue weighted by Crippen LogP contribution is 2.34. The van der Waals surface area contributed by atoms with Crippen LogP contribution in [-0.4, -0.2) is 62.1 Å². The van der Waals surface area contributed by atoms with E-state index in [-0.39, 0.29) is 41.6 Å². The summed E-state index contributed by atoms with van der Waals surface area (Å²) in [7, 11) is 1.41. The van der Waals surface area contributed by atoms with Gasteiger partial charge in [-0.1, -0.05) is 74.5 Å². The zero-order valence-corrected chi connectivity index (χ0v) is 24.9. The van der Waals surface area contributed by atoms with Gasteiger partial charge < -0.3 is 29.0 Å². The van der Waals surface area contributed by atoms with Crippen molar-refractivity contribution in [2.45, 2.75) is 45.3 Å². The second kappa shape index (κ2) is 15.2. The van der Waals surface area contributed by atoms with Crippen LogP contribution in [0.1, 0.15) is 48.3 Å². The molecule has 10 heteroatoms. The first kappa shape index (κ1) is 31.5. The fourth-order valence-corrected chi connectivity index (χ4v) is 5.08. The maximum atomic E-state index is 13.4. The van der Waals surface area contributed by atoms with E-state index in [1.54, 1.807) is 13.8 Å². The summed E-state index contributed by atoms with van der Waals surface area (Å²) < 4.78 is 28.1. The van der Waals surface area contributed by atoms with Crippen molar-refractivity contribution < 1.29 is 38.1 Å². The smallest absolute Gasteiger partial charge is 0.331 e. The molecule has 0 unspecified atom stereocenters. The Bertz CT molecular complexity index is 1370. The number of nitrogens with one attached hydrogen (secondary N) is 1. The first-order valence-corrected chi connectivity index (χ1v) is 14.3. The van der Waals surface area contributed by atoms with Gasteiger partial charge in [-0.25, -0.2) is 9.78 Å². The van der Waals surface area contributed by atoms with Crippen molar-refractivity contribution in [3.8, 4) is 11.5 Å². The molecule has 0 radical (unpaired) electrons. The van der Waals surface area contributed by atoms with E-state index >= 15 is 0 Å². The molecular formula is C33H38N2O8. The van der Waals surface area contributed by atoms with Gasteiger partial charge in [0.2, 0.25) is 6.79 Å². The standard InChI is InChI=1S/C33H38N2O8/c1-21(2)32(37)42-20-41-30-27(39-4)15-16-34-29(30)31(36)35-26-19-40-18-25(17-23-11-7-5-8-12-23)28(22(3)43-33(26)38)24-13-9-6-10-14-24/h5-16,21-22,25-26,28H,17-20H2,1-4H3,(H,35,36)/t22-,25-,26-,28+/m0/s1. The van der Waals surface area contributed by atoms with Gasteiger partial charge in [-0.3, -0.25) is 9.59 Å². The minimum absolute atomic E-state index is 0.00402. The Morgan fingerprint density at radius 2 is 1.72 bits per heavy atom. The van der Waals surface area contributed by atoms with Crippen molar-refractivity contribution in [3.05, 3.63) is 89.7 Å². The Kier molecular flexibility index (Phi) is 11.1. The van der Waals surface area contributed by atoms with Crippen molar-refractivity contribution in [2.24, 2.45) is 11.8 Å². The predicted molar refractivity (Wildman–Crippen MR) is 158 cm³/mol. The Balaban J connectivity index is 1.54. The van der Waals surface area contributed by atoms with Crippen molar-refractivity contribution in [1.29, 1.82) is 0 Å². The minimum Gasteiger partial charge on any atom is -0.493 e. The lowest BCUT2D eigenvalue weighted by Gasteiger charge is -2.31. The van der Waals surface area contributed by atoms with Gasteiger partial charge in [-0.2, -0.15) is 0 Å². The molecule has 2 heterocycles. The van der Waals surface area contributed by atoms with Crippen molar-refractivity contribution >= 4 is 17.8 Å². The van der Waals surface area contributed by atoms with Gasteiger partial charge in [0, 0.05) is 18.2 Å². The van der Waals surface area contributed by atoms with Gasteiger partial charge in [0.1, 0.15) is 6.10 Å². The third-order valence-corrected chi connectivity index (χ3v) is 7.23. The predicted octanol–water partition coefficient (Wildman–Crippen LogP) is 4.33. The second-order valence-corrected chi connectivity index (χ2v) is 10.7. The summed E-state index contributed by atoms with van der Waals surface area (Å²) in [5, 5.41) is 2.69. The molecule has 0 saturated carbocycles. The molecule has 1 aromatic heterocycles. The Labute approximate surface area is 251 Å². The van der Waals surface area contributed by atoms with Crippen LogP contribution in [0.2, 0.25) is 0 Å². The summed E-state index contributed by atoms with van der Waals surface area (Å²) in [4.78, 5) is 42.8. The molecule has 0 aliphatic carbocycles. The molecule has 0 spiro atoms. The average Bonchev–Trinajstić information content (AvgIpc) is 3.06. The summed E-state index contributed by atoms with van der Waals surface area (Å²) in [6.45, 7) is 5.04. The van der Waals surface area contributed by atoms with Gasteiger partial charge in [0.05, 0.1) is 26.2 Å². The Morgan fingerprint density at radius 3 is 2.40 bits per heavy atom. The number of hydrogen-bond donors (Lipinski definition) is 1. The molecule has 1 aliphatic rings. The summed E-state index contributed by atoms with van der Waals surface area (Å²) in [6, 6.07) is 20.4. The lowest BCUT2D eigenvalue weighted by molar-refractivity contribution is -0.154. The maximum Gasteiger partial charge on any atom is 0.331 e. The van der Waals surface area contributed by atoms with Crippen molar-refractivity contribution in [2.75, 3.05) is 27.1 Å². The quantitative estimate of drug-likeness (QED) is 0.272. The number of pyridine rings is 1. The van der Waals surface area contributed by atoms with Crippen LogP contribution in [0, 0.1) is 11.8 Å². The summed E-state index contributed by atoms with van der Waals surface area (Å²) in [6.07, 6.45) is 1.59. The SMILES string of the molecule is COc1ccnc(C(=O)N[C@H]2COC[C@H](Cc3ccccc3)[C@@H](c3ccccc3)[C@H](C)OC2=O)c1OCOC(=O)C(C)C. The number of cyclic esters (lactones) is 1.